The number of imidazole rings is 1. The highest BCUT2D eigenvalue weighted by Gasteiger charge is 2.40. The first-order valence-corrected chi connectivity index (χ1v) is 10.6. The number of aromatic amines is 2. The van der Waals surface area contributed by atoms with Gasteiger partial charge in [-0.15, -0.1) is 0 Å². The molecule has 2 amide bonds. The summed E-state index contributed by atoms with van der Waals surface area (Å²) >= 11 is 0. The second-order valence-electron chi connectivity index (χ2n) is 8.27. The fraction of sp³-hybridized carbons (Fsp3) is 0.304. The van der Waals surface area contributed by atoms with Gasteiger partial charge in [-0.25, -0.2) is 9.18 Å². The number of carboxylic acids is 1. The molecule has 2 aromatic carbocycles. The summed E-state index contributed by atoms with van der Waals surface area (Å²) in [5, 5.41) is 21.5. The number of aromatic nitrogens is 2. The number of halogens is 1. The molecule has 3 aromatic rings. The molecule has 0 aliphatic carbocycles. The number of aliphatic carboxylic acids is 1. The van der Waals surface area contributed by atoms with Gasteiger partial charge >= 0.3 is 11.7 Å². The number of carboxylic acid groups (broad SMARTS) is 1. The summed E-state index contributed by atoms with van der Waals surface area (Å²) in [5.41, 5.74) is 3.57. The maximum Gasteiger partial charge on any atom is 0.323 e. The highest BCUT2D eigenvalue weighted by molar-refractivity contribution is 6.01. The van der Waals surface area contributed by atoms with Crippen LogP contribution in [0.25, 0.3) is 22.2 Å². The average molecular weight is 486 g/mol. The lowest BCUT2D eigenvalue weighted by atomic mass is 10.00. The van der Waals surface area contributed by atoms with E-state index in [1.54, 1.807) is 24.3 Å². The lowest BCUT2D eigenvalue weighted by molar-refractivity contribution is -0.217. The first-order chi connectivity index (χ1) is 16.6. The maximum absolute atomic E-state index is 13.3. The van der Waals surface area contributed by atoms with Crippen LogP contribution in [0.4, 0.5) is 4.39 Å². The van der Waals surface area contributed by atoms with E-state index in [1.807, 2.05) is 12.1 Å². The summed E-state index contributed by atoms with van der Waals surface area (Å²) < 4.78 is 18.0. The van der Waals surface area contributed by atoms with Gasteiger partial charge in [0.1, 0.15) is 13.2 Å². The van der Waals surface area contributed by atoms with E-state index < -0.39 is 49.3 Å². The van der Waals surface area contributed by atoms with Crippen LogP contribution in [0.3, 0.4) is 0 Å². The molecule has 0 saturated heterocycles. The zero-order valence-electron chi connectivity index (χ0n) is 18.6. The molecular weight excluding hydrogens is 463 g/mol. The van der Waals surface area contributed by atoms with Gasteiger partial charge in [0.2, 0.25) is 11.7 Å². The van der Waals surface area contributed by atoms with Gasteiger partial charge in [0.25, 0.3) is 5.91 Å². The fourth-order valence-electron chi connectivity index (χ4n) is 4.08. The molecule has 1 aliphatic rings. The Kier molecular flexibility index (Phi) is 6.41. The second kappa shape index (κ2) is 9.31. The van der Waals surface area contributed by atoms with E-state index >= 15 is 0 Å². The number of carbonyl (C=O) groups is 3. The van der Waals surface area contributed by atoms with Crippen LogP contribution in [-0.2, 0) is 20.9 Å². The van der Waals surface area contributed by atoms with E-state index in [0.717, 1.165) is 18.2 Å². The molecule has 11 nitrogen and oxygen atoms in total. The number of H-pyrrole nitrogens is 2. The molecule has 0 bridgehead atoms. The van der Waals surface area contributed by atoms with Crippen molar-refractivity contribution >= 4 is 28.8 Å². The third-order valence-electron chi connectivity index (χ3n) is 5.98. The predicted octanol–water partition coefficient (Wildman–Crippen LogP) is 0.743. The molecule has 4 rings (SSSR count). The number of benzene rings is 2. The largest absolute Gasteiger partial charge is 0.481 e. The van der Waals surface area contributed by atoms with E-state index in [1.165, 1.54) is 4.90 Å². The van der Waals surface area contributed by atoms with Crippen molar-refractivity contribution in [2.45, 2.75) is 24.8 Å². The van der Waals surface area contributed by atoms with Crippen LogP contribution in [0.1, 0.15) is 22.3 Å². The molecule has 2 atom stereocenters. The SMILES string of the molecule is COC(O)(CF)C(CC(=O)O)NC(=O)CN1Cc2ccc(-c3ccc4[nH]c(=O)[nH]c4c3)cc2C1=O. The van der Waals surface area contributed by atoms with Crippen LogP contribution < -0.4 is 11.0 Å². The van der Waals surface area contributed by atoms with Crippen molar-refractivity contribution in [2.24, 2.45) is 0 Å². The van der Waals surface area contributed by atoms with Crippen molar-refractivity contribution in [2.75, 3.05) is 20.3 Å². The Morgan fingerprint density at radius 2 is 1.86 bits per heavy atom. The molecule has 0 spiro atoms. The van der Waals surface area contributed by atoms with E-state index in [0.29, 0.717) is 22.2 Å². The number of aliphatic hydroxyl groups is 1. The molecule has 1 aliphatic heterocycles. The first kappa shape index (κ1) is 24.1. The summed E-state index contributed by atoms with van der Waals surface area (Å²) in [6.45, 7) is -1.73. The summed E-state index contributed by atoms with van der Waals surface area (Å²) in [6.07, 6.45) is -0.783. The normalized spacial score (nSPS) is 15.6. The number of rotatable bonds is 9. The van der Waals surface area contributed by atoms with Crippen LogP contribution in [0.15, 0.2) is 41.2 Å². The Balaban J connectivity index is 1.49. The van der Waals surface area contributed by atoms with Gasteiger partial charge in [0.15, 0.2) is 0 Å². The first-order valence-electron chi connectivity index (χ1n) is 10.6. The number of nitrogens with zero attached hydrogens (tertiary/aromatic N) is 1. The lowest BCUT2D eigenvalue weighted by Crippen LogP contribution is -2.57. The number of ether oxygens (including phenoxy) is 1. The van der Waals surface area contributed by atoms with Gasteiger partial charge in [-0.1, -0.05) is 18.2 Å². The van der Waals surface area contributed by atoms with Crippen molar-refractivity contribution in [1.82, 2.24) is 20.2 Å². The van der Waals surface area contributed by atoms with Crippen LogP contribution >= 0.6 is 0 Å². The van der Waals surface area contributed by atoms with E-state index in [-0.39, 0.29) is 12.2 Å². The number of hydrogen-bond acceptors (Lipinski definition) is 6. The Morgan fingerprint density at radius 3 is 2.54 bits per heavy atom. The maximum atomic E-state index is 13.3. The summed E-state index contributed by atoms with van der Waals surface area (Å²) in [7, 11) is 0.990. The van der Waals surface area contributed by atoms with Gasteiger partial charge in [0, 0.05) is 19.2 Å². The van der Waals surface area contributed by atoms with E-state index in [4.69, 9.17) is 5.11 Å². The predicted molar refractivity (Wildman–Crippen MR) is 121 cm³/mol. The Labute approximate surface area is 197 Å². The number of nitrogens with one attached hydrogen (secondary N) is 3. The molecule has 5 N–H and O–H groups in total. The van der Waals surface area contributed by atoms with Crippen molar-refractivity contribution < 1.29 is 33.7 Å². The summed E-state index contributed by atoms with van der Waals surface area (Å²) in [6, 6.07) is 9.06. The molecule has 184 valence electrons. The highest BCUT2D eigenvalue weighted by Crippen LogP contribution is 2.29. The highest BCUT2D eigenvalue weighted by atomic mass is 19.1. The third kappa shape index (κ3) is 4.79. The van der Waals surface area contributed by atoms with Gasteiger partial charge < -0.3 is 35.1 Å². The monoisotopic (exact) mass is 486 g/mol. The standard InChI is InChI=1S/C23H23FN4O7/c1-35-23(34,11-24)18(8-20(30)31)27-19(29)10-28-9-14-3-2-12(6-15(14)21(28)32)13-4-5-16-17(7-13)26-22(33)25-16/h2-7,18,34H,8-11H2,1H3,(H,27,29)(H,30,31)(H2,25,26,33). The average Bonchev–Trinajstić information content (AvgIpc) is 3.35. The number of methoxy groups -OCH3 is 1. The number of fused-ring (bicyclic) bond motifs is 2. The van der Waals surface area contributed by atoms with Crippen LogP contribution in [0.5, 0.6) is 0 Å². The molecule has 0 saturated carbocycles. The molecule has 1 aromatic heterocycles. The van der Waals surface area contributed by atoms with Crippen LogP contribution in [0, 0.1) is 0 Å². The Bertz CT molecular complexity index is 1360. The minimum Gasteiger partial charge on any atom is -0.481 e. The van der Waals surface area contributed by atoms with Crippen LogP contribution in [-0.4, -0.2) is 75.0 Å². The van der Waals surface area contributed by atoms with Crippen LogP contribution in [0.2, 0.25) is 0 Å². The van der Waals surface area contributed by atoms with E-state index in [2.05, 4.69) is 20.0 Å². The van der Waals surface area contributed by atoms with Crippen molar-refractivity contribution in [3.05, 3.63) is 58.0 Å². The van der Waals surface area contributed by atoms with Gasteiger partial charge in [-0.3, -0.25) is 14.4 Å². The Hall–Kier alpha value is -4.03. The molecule has 0 fully saturated rings. The smallest absolute Gasteiger partial charge is 0.323 e. The lowest BCUT2D eigenvalue weighted by Gasteiger charge is -2.32. The van der Waals surface area contributed by atoms with Gasteiger partial charge in [0.05, 0.1) is 23.5 Å². The van der Waals surface area contributed by atoms with Gasteiger partial charge in [-0.05, 0) is 34.9 Å². The second-order valence-corrected chi connectivity index (χ2v) is 8.27. The van der Waals surface area contributed by atoms with Crippen molar-refractivity contribution in [3.8, 4) is 11.1 Å². The van der Waals surface area contributed by atoms with Crippen molar-refractivity contribution in [1.29, 1.82) is 0 Å². The molecule has 12 heteroatoms. The minimum absolute atomic E-state index is 0.146. The summed E-state index contributed by atoms with van der Waals surface area (Å²) in [5.74, 6) is -5.08. The molecule has 0 radical (unpaired) electrons. The molecular formula is C23H23FN4O7. The number of carbonyl (C=O) groups excluding carboxylic acids is 2. The molecule has 35 heavy (non-hydrogen) atoms. The minimum atomic E-state index is -2.52. The zero-order chi connectivity index (χ0) is 25.3. The molecule has 2 unspecified atom stereocenters. The Morgan fingerprint density at radius 1 is 1.17 bits per heavy atom. The topological polar surface area (TPSA) is 165 Å². The number of amides is 2. The summed E-state index contributed by atoms with van der Waals surface area (Å²) in [4.78, 5) is 54.8. The molecule has 2 heterocycles. The van der Waals surface area contributed by atoms with Gasteiger partial charge in [-0.2, -0.15) is 0 Å². The van der Waals surface area contributed by atoms with Crippen molar-refractivity contribution in [3.63, 3.8) is 0 Å². The fourth-order valence-corrected chi connectivity index (χ4v) is 4.08. The quantitative estimate of drug-likeness (QED) is 0.278. The third-order valence-corrected chi connectivity index (χ3v) is 5.98. The number of hydrogen-bond donors (Lipinski definition) is 5. The van der Waals surface area contributed by atoms with E-state index in [9.17, 15) is 28.7 Å². The number of alkyl halides is 1. The zero-order valence-corrected chi connectivity index (χ0v) is 18.6.